The Labute approximate surface area is 178 Å². The van der Waals surface area contributed by atoms with Gasteiger partial charge in [-0.25, -0.2) is 0 Å². The largest absolute Gasteiger partial charge is 0.508 e. The summed E-state index contributed by atoms with van der Waals surface area (Å²) in [5.41, 5.74) is 1.36. The van der Waals surface area contributed by atoms with Gasteiger partial charge in [-0.2, -0.15) is 0 Å². The smallest absolute Gasteiger partial charge is 0.115 e. The van der Waals surface area contributed by atoms with Gasteiger partial charge in [-0.15, -0.1) is 0 Å². The van der Waals surface area contributed by atoms with E-state index in [4.69, 9.17) is 9.84 Å². The molecule has 29 heavy (non-hydrogen) atoms. The van der Waals surface area contributed by atoms with Crippen molar-refractivity contribution >= 4 is 0 Å². The molecule has 1 N–H and O–H groups in total. The molecule has 2 heteroatoms. The molecule has 1 fully saturated rings. The highest BCUT2D eigenvalue weighted by atomic mass is 16.5. The monoisotopic (exact) mass is 396 g/mol. The van der Waals surface area contributed by atoms with Crippen molar-refractivity contribution in [2.75, 3.05) is 0 Å². The lowest BCUT2D eigenvalue weighted by atomic mass is 9.83. The quantitative estimate of drug-likeness (QED) is 0.465. The number of benzene rings is 2. The highest BCUT2D eigenvalue weighted by molar-refractivity contribution is 5.23. The third kappa shape index (κ3) is 8.22. The first-order chi connectivity index (χ1) is 14.2. The van der Waals surface area contributed by atoms with Gasteiger partial charge in [-0.1, -0.05) is 107 Å². The lowest BCUT2D eigenvalue weighted by Crippen LogP contribution is -2.35. The van der Waals surface area contributed by atoms with E-state index in [-0.39, 0.29) is 5.60 Å². The van der Waals surface area contributed by atoms with Crippen LogP contribution in [0.2, 0.25) is 0 Å². The van der Waals surface area contributed by atoms with Gasteiger partial charge in [0.2, 0.25) is 0 Å². The zero-order valence-corrected chi connectivity index (χ0v) is 18.5. The van der Waals surface area contributed by atoms with Crippen molar-refractivity contribution in [3.05, 3.63) is 66.2 Å². The number of phenolic OH excluding ortho intramolecular Hbond substituents is 1. The Balaban J connectivity index is 0.000000360. The summed E-state index contributed by atoms with van der Waals surface area (Å²) in [6.45, 7) is 4.58. The summed E-state index contributed by atoms with van der Waals surface area (Å²) < 4.78 is 6.87. The standard InChI is InChI=1S/C21H34O.C6H6O/c1-3-5-17-21(18-6-4-2,19-13-9-7-10-14-19)22-20-15-11-8-12-16-20;7-6-4-2-1-3-5-6/h7,9-10,13-14,20H,3-6,8,11-12,15-18H2,1-2H3;1-5,7H. The fraction of sp³-hybridized carbons (Fsp3) is 0.556. The van der Waals surface area contributed by atoms with Crippen LogP contribution in [-0.4, -0.2) is 11.2 Å². The van der Waals surface area contributed by atoms with E-state index in [0.717, 1.165) is 0 Å². The van der Waals surface area contributed by atoms with Gasteiger partial charge in [0.25, 0.3) is 0 Å². The Bertz CT molecular complexity index is 624. The molecule has 0 aliphatic heterocycles. The second-order valence-corrected chi connectivity index (χ2v) is 8.28. The minimum Gasteiger partial charge on any atom is -0.508 e. The third-order valence-electron chi connectivity index (χ3n) is 5.87. The molecule has 0 unspecified atom stereocenters. The molecular formula is C27H40O2. The van der Waals surface area contributed by atoms with E-state index in [0.29, 0.717) is 11.9 Å². The minimum absolute atomic E-state index is 0.0463. The van der Waals surface area contributed by atoms with E-state index in [1.165, 1.54) is 76.2 Å². The van der Waals surface area contributed by atoms with E-state index < -0.39 is 0 Å². The first-order valence-electron chi connectivity index (χ1n) is 11.7. The van der Waals surface area contributed by atoms with E-state index in [9.17, 15) is 0 Å². The van der Waals surface area contributed by atoms with E-state index in [2.05, 4.69) is 44.2 Å². The minimum atomic E-state index is -0.0463. The van der Waals surface area contributed by atoms with Gasteiger partial charge >= 0.3 is 0 Å². The van der Waals surface area contributed by atoms with Crippen molar-refractivity contribution in [1.29, 1.82) is 0 Å². The van der Waals surface area contributed by atoms with Crippen molar-refractivity contribution in [3.63, 3.8) is 0 Å². The number of hydrogen-bond donors (Lipinski definition) is 1. The Morgan fingerprint density at radius 3 is 1.76 bits per heavy atom. The van der Waals surface area contributed by atoms with Crippen LogP contribution in [0.4, 0.5) is 0 Å². The second-order valence-electron chi connectivity index (χ2n) is 8.28. The average Bonchev–Trinajstić information content (AvgIpc) is 2.78. The van der Waals surface area contributed by atoms with Crippen LogP contribution >= 0.6 is 0 Å². The van der Waals surface area contributed by atoms with E-state index in [1.807, 2.05) is 6.07 Å². The van der Waals surface area contributed by atoms with Gasteiger partial charge in [0, 0.05) is 0 Å². The number of aromatic hydroxyl groups is 1. The van der Waals surface area contributed by atoms with Crippen molar-refractivity contribution in [3.8, 4) is 5.75 Å². The fourth-order valence-corrected chi connectivity index (χ4v) is 4.20. The molecule has 0 heterocycles. The third-order valence-corrected chi connectivity index (χ3v) is 5.87. The molecule has 160 valence electrons. The van der Waals surface area contributed by atoms with Crippen LogP contribution in [0.5, 0.6) is 5.75 Å². The fourth-order valence-electron chi connectivity index (χ4n) is 4.20. The molecule has 2 aromatic carbocycles. The Morgan fingerprint density at radius 1 is 0.793 bits per heavy atom. The summed E-state index contributed by atoms with van der Waals surface area (Å²) in [6.07, 6.45) is 14.4. The Morgan fingerprint density at radius 2 is 1.31 bits per heavy atom. The van der Waals surface area contributed by atoms with Gasteiger partial charge in [0.15, 0.2) is 0 Å². The molecule has 0 saturated heterocycles. The van der Waals surface area contributed by atoms with Crippen LogP contribution in [0.15, 0.2) is 60.7 Å². The molecule has 2 aromatic rings. The highest BCUT2D eigenvalue weighted by Gasteiger charge is 2.35. The zero-order valence-electron chi connectivity index (χ0n) is 18.5. The first-order valence-corrected chi connectivity index (χ1v) is 11.7. The van der Waals surface area contributed by atoms with Gasteiger partial charge in [0.05, 0.1) is 11.7 Å². The summed E-state index contributed by atoms with van der Waals surface area (Å²) >= 11 is 0. The van der Waals surface area contributed by atoms with Gasteiger partial charge in [-0.3, -0.25) is 0 Å². The Hall–Kier alpha value is -1.80. The molecule has 0 atom stereocenters. The number of phenols is 1. The van der Waals surface area contributed by atoms with Crippen molar-refractivity contribution < 1.29 is 9.84 Å². The van der Waals surface area contributed by atoms with Crippen LogP contribution in [-0.2, 0) is 10.3 Å². The number of hydrogen-bond acceptors (Lipinski definition) is 2. The summed E-state index contributed by atoms with van der Waals surface area (Å²) in [4.78, 5) is 0. The topological polar surface area (TPSA) is 29.5 Å². The molecule has 0 amide bonds. The predicted molar refractivity (Wildman–Crippen MR) is 123 cm³/mol. The first kappa shape index (κ1) is 23.5. The molecule has 1 saturated carbocycles. The van der Waals surface area contributed by atoms with Crippen molar-refractivity contribution in [2.45, 2.75) is 96.2 Å². The number of ether oxygens (including phenoxy) is 1. The molecule has 2 nitrogen and oxygen atoms in total. The van der Waals surface area contributed by atoms with Crippen LogP contribution in [0, 0.1) is 0 Å². The average molecular weight is 397 g/mol. The molecule has 0 aromatic heterocycles. The predicted octanol–water partition coefficient (Wildman–Crippen LogP) is 8.00. The lowest BCUT2D eigenvalue weighted by Gasteiger charge is -2.39. The maximum absolute atomic E-state index is 8.63. The maximum atomic E-state index is 8.63. The van der Waals surface area contributed by atoms with E-state index >= 15 is 0 Å². The number of para-hydroxylation sites is 1. The summed E-state index contributed by atoms with van der Waals surface area (Å²) in [6, 6.07) is 19.7. The Kier molecular flexibility index (Phi) is 10.9. The highest BCUT2D eigenvalue weighted by Crippen LogP contribution is 2.40. The SMILES string of the molecule is CCCCC(CCCC)(OC1CCCCC1)c1ccccc1.Oc1ccccc1. The summed E-state index contributed by atoms with van der Waals surface area (Å²) in [5.74, 6) is 0.322. The van der Waals surface area contributed by atoms with Crippen LogP contribution in [0.3, 0.4) is 0 Å². The molecule has 1 aliphatic rings. The summed E-state index contributed by atoms with van der Waals surface area (Å²) in [5, 5.41) is 8.63. The molecule has 0 spiro atoms. The molecule has 0 bridgehead atoms. The van der Waals surface area contributed by atoms with Gasteiger partial charge in [0.1, 0.15) is 5.75 Å². The molecule has 1 aliphatic carbocycles. The molecule has 3 rings (SSSR count). The number of unbranched alkanes of at least 4 members (excludes halogenated alkanes) is 2. The van der Waals surface area contributed by atoms with Crippen LogP contribution < -0.4 is 0 Å². The molecular weight excluding hydrogens is 356 g/mol. The van der Waals surface area contributed by atoms with Crippen LogP contribution in [0.1, 0.15) is 90.0 Å². The molecule has 0 radical (unpaired) electrons. The van der Waals surface area contributed by atoms with Crippen LogP contribution in [0.25, 0.3) is 0 Å². The maximum Gasteiger partial charge on any atom is 0.115 e. The zero-order chi connectivity index (χ0) is 20.8. The number of rotatable bonds is 9. The van der Waals surface area contributed by atoms with Crippen molar-refractivity contribution in [1.82, 2.24) is 0 Å². The van der Waals surface area contributed by atoms with Gasteiger partial charge in [-0.05, 0) is 43.4 Å². The van der Waals surface area contributed by atoms with E-state index in [1.54, 1.807) is 24.3 Å². The van der Waals surface area contributed by atoms with Gasteiger partial charge < -0.3 is 9.84 Å². The normalized spacial score (nSPS) is 14.8. The summed E-state index contributed by atoms with van der Waals surface area (Å²) in [7, 11) is 0. The second kappa shape index (κ2) is 13.4. The van der Waals surface area contributed by atoms with Crippen molar-refractivity contribution in [2.24, 2.45) is 0 Å². The lowest BCUT2D eigenvalue weighted by molar-refractivity contribution is -0.122.